The van der Waals surface area contributed by atoms with E-state index in [1.165, 1.54) is 0 Å². The number of rotatable bonds is 2. The Morgan fingerprint density at radius 1 is 0.727 bits per heavy atom. The van der Waals surface area contributed by atoms with Crippen molar-refractivity contribution in [3.05, 3.63) is 89.7 Å². The Morgan fingerprint density at radius 2 is 1.50 bits per heavy atom. The highest BCUT2D eigenvalue weighted by atomic mass is 14.8. The van der Waals surface area contributed by atoms with Gasteiger partial charge in [0, 0.05) is 11.8 Å². The average Bonchev–Trinajstić information content (AvgIpc) is 2.61. The molecule has 0 amide bonds. The fourth-order valence-electron chi connectivity index (χ4n) is 2.40. The predicted octanol–water partition coefficient (Wildman–Crippen LogP) is 5.52. The Morgan fingerprint density at radius 3 is 2.23 bits per heavy atom. The average molecular weight is 281 g/mol. The van der Waals surface area contributed by atoms with Crippen LogP contribution in [0, 0.1) is 13.1 Å². The molecular formula is C19H11N3. The second kappa shape index (κ2) is 5.91. The number of hydrogen-bond acceptors (Lipinski definition) is 1. The third-order valence-electron chi connectivity index (χ3n) is 3.39. The fraction of sp³-hybridized carbons (Fsp3) is 0. The van der Waals surface area contributed by atoms with E-state index >= 15 is 0 Å². The van der Waals surface area contributed by atoms with Crippen molar-refractivity contribution in [3.63, 3.8) is 0 Å². The molecule has 0 fully saturated rings. The summed E-state index contributed by atoms with van der Waals surface area (Å²) in [6.07, 6.45) is 1.71. The molecular weight excluding hydrogens is 270 g/mol. The number of pyridine rings is 1. The number of hydrogen-bond donors (Lipinski definition) is 0. The Kier molecular flexibility index (Phi) is 3.64. The molecule has 3 heteroatoms. The molecule has 0 aliphatic heterocycles. The SMILES string of the molecule is [C-]#[N+]c1cccc(-c2ncccc2-c2ccccc2)c1[N+]#[C-]. The van der Waals surface area contributed by atoms with Crippen molar-refractivity contribution in [3.8, 4) is 22.4 Å². The van der Waals surface area contributed by atoms with Crippen LogP contribution in [0.3, 0.4) is 0 Å². The van der Waals surface area contributed by atoms with Crippen molar-refractivity contribution >= 4 is 11.4 Å². The first-order valence-corrected chi connectivity index (χ1v) is 6.74. The quantitative estimate of drug-likeness (QED) is 0.567. The van der Waals surface area contributed by atoms with Gasteiger partial charge in [-0.25, -0.2) is 4.85 Å². The lowest BCUT2D eigenvalue weighted by molar-refractivity contribution is 1.33. The van der Waals surface area contributed by atoms with E-state index in [0.29, 0.717) is 16.9 Å². The van der Waals surface area contributed by atoms with Gasteiger partial charge in [0.2, 0.25) is 5.69 Å². The van der Waals surface area contributed by atoms with Gasteiger partial charge in [-0.1, -0.05) is 54.6 Å². The van der Waals surface area contributed by atoms with E-state index in [1.807, 2.05) is 48.5 Å². The fourth-order valence-corrected chi connectivity index (χ4v) is 2.40. The summed E-state index contributed by atoms with van der Waals surface area (Å²) in [7, 11) is 0. The molecule has 3 rings (SSSR count). The van der Waals surface area contributed by atoms with Gasteiger partial charge in [-0.3, -0.25) is 9.83 Å². The molecule has 102 valence electrons. The molecule has 0 saturated heterocycles. The molecule has 22 heavy (non-hydrogen) atoms. The summed E-state index contributed by atoms with van der Waals surface area (Å²) in [5, 5.41) is 0. The lowest BCUT2D eigenvalue weighted by atomic mass is 9.98. The predicted molar refractivity (Wildman–Crippen MR) is 87.6 cm³/mol. The van der Waals surface area contributed by atoms with Gasteiger partial charge in [0.05, 0.1) is 18.8 Å². The van der Waals surface area contributed by atoms with Gasteiger partial charge in [0.1, 0.15) is 0 Å². The Hall–Kier alpha value is -3.43. The maximum atomic E-state index is 7.41. The largest absolute Gasteiger partial charge is 0.257 e. The zero-order chi connectivity index (χ0) is 15.4. The second-order valence-corrected chi connectivity index (χ2v) is 4.66. The molecule has 0 radical (unpaired) electrons. The van der Waals surface area contributed by atoms with Crippen molar-refractivity contribution in [2.75, 3.05) is 0 Å². The molecule has 2 aromatic carbocycles. The number of para-hydroxylation sites is 1. The van der Waals surface area contributed by atoms with Gasteiger partial charge in [-0.15, -0.1) is 0 Å². The minimum atomic E-state index is 0.355. The topological polar surface area (TPSA) is 21.6 Å². The summed E-state index contributed by atoms with van der Waals surface area (Å²) in [4.78, 5) is 11.5. The van der Waals surface area contributed by atoms with E-state index in [2.05, 4.69) is 14.7 Å². The lowest BCUT2D eigenvalue weighted by Gasteiger charge is -2.11. The first-order chi connectivity index (χ1) is 10.8. The Bertz CT molecular complexity index is 900. The highest BCUT2D eigenvalue weighted by molar-refractivity contribution is 5.92. The van der Waals surface area contributed by atoms with E-state index in [0.717, 1.165) is 16.8 Å². The van der Waals surface area contributed by atoms with Gasteiger partial charge < -0.3 is 0 Å². The molecule has 0 aliphatic rings. The molecule has 0 spiro atoms. The van der Waals surface area contributed by atoms with Crippen LogP contribution < -0.4 is 0 Å². The monoisotopic (exact) mass is 281 g/mol. The molecule has 0 bridgehead atoms. The lowest BCUT2D eigenvalue weighted by Crippen LogP contribution is -1.89. The second-order valence-electron chi connectivity index (χ2n) is 4.66. The van der Waals surface area contributed by atoms with E-state index in [9.17, 15) is 0 Å². The summed E-state index contributed by atoms with van der Waals surface area (Å²) >= 11 is 0. The summed E-state index contributed by atoms with van der Waals surface area (Å²) in [6, 6.07) is 19.1. The van der Waals surface area contributed by atoms with Crippen LogP contribution in [0.5, 0.6) is 0 Å². The number of benzene rings is 2. The van der Waals surface area contributed by atoms with Crippen LogP contribution in [0.1, 0.15) is 0 Å². The number of nitrogens with zero attached hydrogens (tertiary/aromatic N) is 3. The zero-order valence-electron chi connectivity index (χ0n) is 11.7. The Balaban J connectivity index is 2.28. The molecule has 3 nitrogen and oxygen atoms in total. The van der Waals surface area contributed by atoms with Crippen LogP contribution in [0.15, 0.2) is 66.9 Å². The van der Waals surface area contributed by atoms with E-state index in [4.69, 9.17) is 13.1 Å². The molecule has 3 aromatic rings. The van der Waals surface area contributed by atoms with Gasteiger partial charge in [0.25, 0.3) is 0 Å². The molecule has 0 saturated carbocycles. The van der Waals surface area contributed by atoms with Crippen LogP contribution in [0.2, 0.25) is 0 Å². The van der Waals surface area contributed by atoms with Gasteiger partial charge in [-0.05, 0) is 17.2 Å². The summed E-state index contributed by atoms with van der Waals surface area (Å²) in [5.74, 6) is 0. The smallest absolute Gasteiger partial charge is 0.203 e. The van der Waals surface area contributed by atoms with Gasteiger partial charge in [-0.2, -0.15) is 0 Å². The molecule has 0 atom stereocenters. The maximum Gasteiger partial charge on any atom is 0.203 e. The summed E-state index contributed by atoms with van der Waals surface area (Å²) in [5.41, 5.74) is 4.13. The van der Waals surface area contributed by atoms with Crippen molar-refractivity contribution < 1.29 is 0 Å². The first kappa shape index (κ1) is 13.5. The van der Waals surface area contributed by atoms with Crippen molar-refractivity contribution in [1.29, 1.82) is 0 Å². The minimum absolute atomic E-state index is 0.355. The molecule has 0 unspecified atom stereocenters. The van der Waals surface area contributed by atoms with Crippen molar-refractivity contribution in [2.24, 2.45) is 0 Å². The zero-order valence-corrected chi connectivity index (χ0v) is 11.7. The van der Waals surface area contributed by atoms with Gasteiger partial charge in [0.15, 0.2) is 5.69 Å². The van der Waals surface area contributed by atoms with Crippen molar-refractivity contribution in [1.82, 2.24) is 4.98 Å². The van der Waals surface area contributed by atoms with Crippen LogP contribution in [-0.4, -0.2) is 4.98 Å². The third-order valence-corrected chi connectivity index (χ3v) is 3.39. The molecule has 1 aromatic heterocycles. The van der Waals surface area contributed by atoms with Crippen LogP contribution in [0.25, 0.3) is 32.1 Å². The highest BCUT2D eigenvalue weighted by Crippen LogP contribution is 2.41. The molecule has 0 aliphatic carbocycles. The molecule has 1 heterocycles. The normalized spacial score (nSPS) is 9.73. The highest BCUT2D eigenvalue weighted by Gasteiger charge is 2.15. The van der Waals surface area contributed by atoms with Gasteiger partial charge >= 0.3 is 0 Å². The standard InChI is InChI=1S/C19H11N3/c1-20-17-12-6-10-16(19(17)21-2)18-15(11-7-13-22-18)14-8-4-3-5-9-14/h3-13H. The summed E-state index contributed by atoms with van der Waals surface area (Å²) in [6.45, 7) is 14.6. The maximum absolute atomic E-state index is 7.41. The van der Waals surface area contributed by atoms with E-state index in [-0.39, 0.29) is 0 Å². The van der Waals surface area contributed by atoms with Crippen LogP contribution >= 0.6 is 0 Å². The number of aromatic nitrogens is 1. The van der Waals surface area contributed by atoms with E-state index in [1.54, 1.807) is 18.3 Å². The molecule has 0 N–H and O–H groups in total. The van der Waals surface area contributed by atoms with Crippen LogP contribution in [0.4, 0.5) is 11.4 Å². The first-order valence-electron chi connectivity index (χ1n) is 6.74. The Labute approximate surface area is 129 Å². The minimum Gasteiger partial charge on any atom is -0.257 e. The van der Waals surface area contributed by atoms with E-state index < -0.39 is 0 Å². The third kappa shape index (κ3) is 2.32. The van der Waals surface area contributed by atoms with Crippen LogP contribution in [-0.2, 0) is 0 Å². The summed E-state index contributed by atoms with van der Waals surface area (Å²) < 4.78 is 0. The van der Waals surface area contributed by atoms with Crippen molar-refractivity contribution in [2.45, 2.75) is 0 Å².